The molecule has 2 N–H and O–H groups in total. The predicted octanol–water partition coefficient (Wildman–Crippen LogP) is 2.95. The Labute approximate surface area is 137 Å². The molecular formula is C18H14FN2O3. The van der Waals surface area contributed by atoms with Crippen LogP contribution in [0, 0.1) is 12.7 Å². The van der Waals surface area contributed by atoms with Gasteiger partial charge in [0.15, 0.2) is 5.75 Å². The van der Waals surface area contributed by atoms with E-state index in [4.69, 9.17) is 5.73 Å². The number of hydrogen-bond donors (Lipinski definition) is 1. The van der Waals surface area contributed by atoms with Crippen LogP contribution in [0.25, 0.3) is 10.9 Å². The first-order valence-electron chi connectivity index (χ1n) is 7.27. The van der Waals surface area contributed by atoms with Crippen molar-refractivity contribution in [1.29, 1.82) is 0 Å². The number of carbonyl (C=O) groups excluding carboxylic acids is 2. The van der Waals surface area contributed by atoms with Gasteiger partial charge in [-0.05, 0) is 36.8 Å². The average molecular weight is 325 g/mol. The van der Waals surface area contributed by atoms with Crippen LogP contribution >= 0.6 is 0 Å². The lowest BCUT2D eigenvalue weighted by Gasteiger charge is -2.09. The maximum atomic E-state index is 13.1. The molecule has 0 saturated carbocycles. The summed E-state index contributed by atoms with van der Waals surface area (Å²) in [5.41, 5.74) is 6.95. The summed E-state index contributed by atoms with van der Waals surface area (Å²) in [5.74, 6) is -2.70. The van der Waals surface area contributed by atoms with Crippen LogP contribution in [0.1, 0.15) is 21.6 Å². The first kappa shape index (κ1) is 15.7. The summed E-state index contributed by atoms with van der Waals surface area (Å²) in [4.78, 5) is 23.5. The lowest BCUT2D eigenvalue weighted by Crippen LogP contribution is -2.23. The number of Topliss-reactive ketones (excluding diaryl/α,β-unsaturated/α-hetero) is 1. The summed E-state index contributed by atoms with van der Waals surface area (Å²) in [6.45, 7) is 1.98. The number of hydrogen-bond acceptors (Lipinski definition) is 2. The number of carbonyl (C=O) groups is 2. The minimum absolute atomic E-state index is 0.0326. The number of aromatic nitrogens is 1. The highest BCUT2D eigenvalue weighted by molar-refractivity contribution is 6.45. The molecule has 0 aliphatic rings. The minimum Gasteiger partial charge on any atom is -0.363 e. The number of benzene rings is 2. The van der Waals surface area contributed by atoms with Gasteiger partial charge >= 0.3 is 0 Å². The van der Waals surface area contributed by atoms with E-state index >= 15 is 0 Å². The maximum absolute atomic E-state index is 13.1. The van der Waals surface area contributed by atoms with Crippen LogP contribution in [0.3, 0.4) is 0 Å². The molecule has 3 aromatic rings. The van der Waals surface area contributed by atoms with Crippen LogP contribution in [-0.2, 0) is 16.4 Å². The number of ketones is 1. The van der Waals surface area contributed by atoms with Crippen molar-refractivity contribution in [1.82, 2.24) is 4.57 Å². The Morgan fingerprint density at radius 3 is 2.42 bits per heavy atom. The first-order chi connectivity index (χ1) is 11.4. The van der Waals surface area contributed by atoms with Gasteiger partial charge in [0.25, 0.3) is 11.7 Å². The van der Waals surface area contributed by atoms with Crippen LogP contribution in [-0.4, -0.2) is 16.3 Å². The Balaban J connectivity index is 2.23. The molecule has 0 fully saturated rings. The Bertz CT molecular complexity index is 959. The molecule has 121 valence electrons. The molecule has 0 atom stereocenters. The monoisotopic (exact) mass is 325 g/mol. The van der Waals surface area contributed by atoms with E-state index in [1.807, 2.05) is 0 Å². The van der Waals surface area contributed by atoms with Crippen molar-refractivity contribution in [3.05, 3.63) is 65.1 Å². The number of nitrogens with zero attached hydrogens (tertiary/aromatic N) is 1. The smallest absolute Gasteiger partial charge is 0.289 e. The van der Waals surface area contributed by atoms with Crippen molar-refractivity contribution < 1.29 is 19.1 Å². The zero-order chi connectivity index (χ0) is 17.4. The van der Waals surface area contributed by atoms with E-state index in [1.54, 1.807) is 35.8 Å². The van der Waals surface area contributed by atoms with Gasteiger partial charge in [0.2, 0.25) is 0 Å². The summed E-state index contributed by atoms with van der Waals surface area (Å²) in [5, 5.41) is 12.4. The molecule has 0 saturated heterocycles. The summed E-state index contributed by atoms with van der Waals surface area (Å²) in [7, 11) is 0. The Morgan fingerprint density at radius 1 is 1.12 bits per heavy atom. The fourth-order valence-corrected chi connectivity index (χ4v) is 2.87. The topological polar surface area (TPSA) is 85.0 Å². The Kier molecular flexibility index (Phi) is 3.81. The fraction of sp³-hybridized carbons (Fsp3) is 0.111. The van der Waals surface area contributed by atoms with Gasteiger partial charge in [-0.1, -0.05) is 18.2 Å². The number of primary amides is 1. The van der Waals surface area contributed by atoms with Gasteiger partial charge in [0.1, 0.15) is 5.82 Å². The van der Waals surface area contributed by atoms with Gasteiger partial charge in [-0.15, -0.1) is 0 Å². The summed E-state index contributed by atoms with van der Waals surface area (Å²) >= 11 is 0. The molecule has 1 heterocycles. The normalized spacial score (nSPS) is 10.9. The van der Waals surface area contributed by atoms with Crippen molar-refractivity contribution in [2.75, 3.05) is 0 Å². The number of halogens is 1. The molecule has 1 amide bonds. The van der Waals surface area contributed by atoms with Crippen LogP contribution in [0.15, 0.2) is 42.5 Å². The average Bonchev–Trinajstić information content (AvgIpc) is 2.82. The standard InChI is InChI=1S/C18H14FN2O3/c1-10-15(17(23)18(20)24)16-13(3-2-4-14(16)22)21(10)9-11-5-7-12(19)8-6-11/h2-8H,9H2,1H3,(H2,20,24). The molecule has 5 nitrogen and oxygen atoms in total. The molecule has 24 heavy (non-hydrogen) atoms. The van der Waals surface area contributed by atoms with E-state index in [2.05, 4.69) is 0 Å². The Morgan fingerprint density at radius 2 is 1.79 bits per heavy atom. The van der Waals surface area contributed by atoms with Gasteiger partial charge < -0.3 is 10.3 Å². The van der Waals surface area contributed by atoms with E-state index in [1.165, 1.54) is 18.2 Å². The summed E-state index contributed by atoms with van der Waals surface area (Å²) in [6, 6.07) is 10.5. The number of rotatable bonds is 4. The van der Waals surface area contributed by atoms with Crippen molar-refractivity contribution in [2.45, 2.75) is 13.5 Å². The molecular weight excluding hydrogens is 311 g/mol. The van der Waals surface area contributed by atoms with Gasteiger partial charge in [-0.25, -0.2) is 4.39 Å². The number of fused-ring (bicyclic) bond motifs is 1. The molecule has 0 spiro atoms. The van der Waals surface area contributed by atoms with E-state index in [-0.39, 0.29) is 22.5 Å². The highest BCUT2D eigenvalue weighted by Crippen LogP contribution is 2.34. The van der Waals surface area contributed by atoms with Gasteiger partial charge in [-0.3, -0.25) is 14.7 Å². The van der Waals surface area contributed by atoms with Gasteiger partial charge in [0, 0.05) is 12.2 Å². The lowest BCUT2D eigenvalue weighted by atomic mass is 10.1. The van der Waals surface area contributed by atoms with Crippen molar-refractivity contribution in [3.8, 4) is 5.75 Å². The zero-order valence-electron chi connectivity index (χ0n) is 12.9. The second kappa shape index (κ2) is 5.81. The molecule has 0 aliphatic carbocycles. The third-order valence-electron chi connectivity index (χ3n) is 4.02. The second-order valence-corrected chi connectivity index (χ2v) is 5.52. The van der Waals surface area contributed by atoms with E-state index < -0.39 is 11.7 Å². The fourth-order valence-electron chi connectivity index (χ4n) is 2.87. The molecule has 0 unspecified atom stereocenters. The van der Waals surface area contributed by atoms with Crippen LogP contribution in [0.2, 0.25) is 0 Å². The third-order valence-corrected chi connectivity index (χ3v) is 4.02. The molecule has 6 heteroatoms. The molecule has 3 rings (SSSR count). The number of amides is 1. The second-order valence-electron chi connectivity index (χ2n) is 5.52. The van der Waals surface area contributed by atoms with Crippen LogP contribution in [0.5, 0.6) is 5.75 Å². The molecule has 1 radical (unpaired) electrons. The highest BCUT2D eigenvalue weighted by atomic mass is 19.1. The Hall–Kier alpha value is -3.15. The van der Waals surface area contributed by atoms with E-state index in [0.717, 1.165) is 5.56 Å². The molecule has 2 aromatic carbocycles. The zero-order valence-corrected chi connectivity index (χ0v) is 12.9. The number of nitrogens with two attached hydrogens (primary N) is 1. The largest absolute Gasteiger partial charge is 0.363 e. The van der Waals surface area contributed by atoms with Crippen LogP contribution in [0.4, 0.5) is 4.39 Å². The van der Waals surface area contributed by atoms with Crippen LogP contribution < -0.4 is 5.73 Å². The lowest BCUT2D eigenvalue weighted by molar-refractivity contribution is -0.114. The molecule has 0 bridgehead atoms. The quantitative estimate of drug-likeness (QED) is 0.591. The predicted molar refractivity (Wildman–Crippen MR) is 85.8 cm³/mol. The van der Waals surface area contributed by atoms with Gasteiger partial charge in [0.05, 0.1) is 16.5 Å². The summed E-state index contributed by atoms with van der Waals surface area (Å²) in [6.07, 6.45) is 0. The summed E-state index contributed by atoms with van der Waals surface area (Å²) < 4.78 is 14.8. The van der Waals surface area contributed by atoms with Crippen molar-refractivity contribution in [2.24, 2.45) is 5.73 Å². The molecule has 0 aliphatic heterocycles. The van der Waals surface area contributed by atoms with Gasteiger partial charge in [-0.2, -0.15) is 0 Å². The van der Waals surface area contributed by atoms with Crippen molar-refractivity contribution >= 4 is 22.6 Å². The highest BCUT2D eigenvalue weighted by Gasteiger charge is 2.25. The third kappa shape index (κ3) is 2.52. The SMILES string of the molecule is Cc1c(C(=O)C(N)=O)c2c([O])cccc2n1Cc1ccc(F)cc1. The maximum Gasteiger partial charge on any atom is 0.289 e. The van der Waals surface area contributed by atoms with E-state index in [9.17, 15) is 19.1 Å². The van der Waals surface area contributed by atoms with Crippen molar-refractivity contribution in [3.63, 3.8) is 0 Å². The van der Waals surface area contributed by atoms with E-state index in [0.29, 0.717) is 17.8 Å². The first-order valence-corrected chi connectivity index (χ1v) is 7.27. The minimum atomic E-state index is -1.11. The molecule has 1 aromatic heterocycles.